The summed E-state index contributed by atoms with van der Waals surface area (Å²) in [6.07, 6.45) is 3.80. The number of rotatable bonds is 3. The Kier molecular flexibility index (Phi) is 4.24. The number of Topliss-reactive ketones (excluding diaryl/α,β-unsaturated/α-hetero) is 1. The SMILES string of the molecule is CN1C2CCC1CN(CC(=O)c1ccccc1Br)CC2. The first-order valence-corrected chi connectivity index (χ1v) is 8.16. The largest absolute Gasteiger partial charge is 0.299 e. The highest BCUT2D eigenvalue weighted by atomic mass is 79.9. The van der Waals surface area contributed by atoms with Crippen LogP contribution in [0, 0.1) is 0 Å². The zero-order valence-corrected chi connectivity index (χ0v) is 13.5. The van der Waals surface area contributed by atoms with Crippen molar-refractivity contribution in [2.75, 3.05) is 26.7 Å². The normalized spacial score (nSPS) is 27.5. The number of nitrogens with zero attached hydrogens (tertiary/aromatic N) is 2. The van der Waals surface area contributed by atoms with Crippen LogP contribution in [0.2, 0.25) is 0 Å². The first kappa shape index (κ1) is 14.2. The molecule has 2 aliphatic rings. The van der Waals surface area contributed by atoms with Crippen molar-refractivity contribution >= 4 is 21.7 Å². The fraction of sp³-hybridized carbons (Fsp3) is 0.562. The number of ketones is 1. The van der Waals surface area contributed by atoms with Gasteiger partial charge >= 0.3 is 0 Å². The summed E-state index contributed by atoms with van der Waals surface area (Å²) in [7, 11) is 2.24. The molecule has 4 heteroatoms. The second-order valence-corrected chi connectivity index (χ2v) is 6.83. The van der Waals surface area contributed by atoms with Gasteiger partial charge in [0.2, 0.25) is 0 Å². The van der Waals surface area contributed by atoms with E-state index < -0.39 is 0 Å². The smallest absolute Gasteiger partial charge is 0.177 e. The molecule has 2 aliphatic heterocycles. The zero-order valence-electron chi connectivity index (χ0n) is 11.9. The first-order valence-electron chi connectivity index (χ1n) is 7.37. The molecule has 2 unspecified atom stereocenters. The van der Waals surface area contributed by atoms with Gasteiger partial charge in [-0.05, 0) is 32.4 Å². The summed E-state index contributed by atoms with van der Waals surface area (Å²) in [6.45, 7) is 2.62. The van der Waals surface area contributed by atoms with E-state index in [1.54, 1.807) is 0 Å². The summed E-state index contributed by atoms with van der Waals surface area (Å²) in [5.74, 6) is 0.220. The molecule has 20 heavy (non-hydrogen) atoms. The first-order chi connectivity index (χ1) is 9.65. The molecule has 0 N–H and O–H groups in total. The third-order valence-corrected chi connectivity index (χ3v) is 5.47. The van der Waals surface area contributed by atoms with Gasteiger partial charge in [0.05, 0.1) is 6.54 Å². The van der Waals surface area contributed by atoms with Gasteiger partial charge in [0.25, 0.3) is 0 Å². The van der Waals surface area contributed by atoms with Crippen molar-refractivity contribution < 1.29 is 4.79 Å². The molecule has 0 saturated carbocycles. The van der Waals surface area contributed by atoms with Gasteiger partial charge in [-0.1, -0.05) is 34.1 Å². The van der Waals surface area contributed by atoms with Gasteiger partial charge in [0, 0.05) is 35.2 Å². The van der Waals surface area contributed by atoms with Crippen LogP contribution in [0.15, 0.2) is 28.7 Å². The van der Waals surface area contributed by atoms with E-state index in [0.29, 0.717) is 12.6 Å². The van der Waals surface area contributed by atoms with Crippen molar-refractivity contribution in [3.8, 4) is 0 Å². The third-order valence-electron chi connectivity index (χ3n) is 4.77. The topological polar surface area (TPSA) is 23.6 Å². The summed E-state index contributed by atoms with van der Waals surface area (Å²) < 4.78 is 0.901. The number of hydrogen-bond acceptors (Lipinski definition) is 3. The van der Waals surface area contributed by atoms with E-state index in [2.05, 4.69) is 32.8 Å². The number of halogens is 1. The maximum Gasteiger partial charge on any atom is 0.177 e. The predicted octanol–water partition coefficient (Wildman–Crippen LogP) is 2.80. The van der Waals surface area contributed by atoms with E-state index >= 15 is 0 Å². The van der Waals surface area contributed by atoms with Gasteiger partial charge in [-0.3, -0.25) is 14.6 Å². The van der Waals surface area contributed by atoms with Crippen molar-refractivity contribution in [1.82, 2.24) is 9.80 Å². The Balaban J connectivity index is 1.66. The molecule has 0 spiro atoms. The number of fused-ring (bicyclic) bond motifs is 2. The lowest BCUT2D eigenvalue weighted by Gasteiger charge is -2.25. The Labute approximate surface area is 129 Å². The minimum absolute atomic E-state index is 0.220. The minimum Gasteiger partial charge on any atom is -0.299 e. The summed E-state index contributed by atoms with van der Waals surface area (Å²) >= 11 is 3.47. The lowest BCUT2D eigenvalue weighted by Crippen LogP contribution is -2.38. The summed E-state index contributed by atoms with van der Waals surface area (Å²) in [6, 6.07) is 9.07. The molecule has 0 radical (unpaired) electrons. The predicted molar refractivity (Wildman–Crippen MR) is 84.1 cm³/mol. The number of benzene rings is 1. The van der Waals surface area contributed by atoms with Crippen LogP contribution in [-0.4, -0.2) is 54.3 Å². The van der Waals surface area contributed by atoms with Crippen molar-refractivity contribution in [1.29, 1.82) is 0 Å². The maximum atomic E-state index is 12.4. The highest BCUT2D eigenvalue weighted by molar-refractivity contribution is 9.10. The highest BCUT2D eigenvalue weighted by Gasteiger charge is 2.35. The van der Waals surface area contributed by atoms with Gasteiger partial charge in [-0.15, -0.1) is 0 Å². The fourth-order valence-corrected chi connectivity index (χ4v) is 4.00. The molecule has 1 aromatic carbocycles. The van der Waals surface area contributed by atoms with Crippen LogP contribution in [0.5, 0.6) is 0 Å². The van der Waals surface area contributed by atoms with Crippen molar-refractivity contribution in [3.05, 3.63) is 34.3 Å². The Morgan fingerprint density at radius 2 is 2.00 bits per heavy atom. The second-order valence-electron chi connectivity index (χ2n) is 5.98. The summed E-state index contributed by atoms with van der Waals surface area (Å²) in [5.41, 5.74) is 0.801. The lowest BCUT2D eigenvalue weighted by molar-refractivity contribution is 0.0922. The molecule has 2 fully saturated rings. The van der Waals surface area contributed by atoms with Crippen LogP contribution in [0.1, 0.15) is 29.6 Å². The van der Waals surface area contributed by atoms with Crippen molar-refractivity contribution in [3.63, 3.8) is 0 Å². The molecule has 3 rings (SSSR count). The average Bonchev–Trinajstić information content (AvgIpc) is 2.67. The average molecular weight is 337 g/mol. The standard InChI is InChI=1S/C16H21BrN2O/c1-18-12-6-7-13(18)10-19(9-8-12)11-16(20)14-4-2-3-5-15(14)17/h2-5,12-13H,6-11H2,1H3. The molecule has 1 aromatic rings. The van der Waals surface area contributed by atoms with E-state index in [1.165, 1.54) is 19.3 Å². The number of carbonyl (C=O) groups is 1. The van der Waals surface area contributed by atoms with Crippen LogP contribution in [0.25, 0.3) is 0 Å². The summed E-state index contributed by atoms with van der Waals surface area (Å²) in [5, 5.41) is 0. The van der Waals surface area contributed by atoms with Crippen molar-refractivity contribution in [2.24, 2.45) is 0 Å². The molecular weight excluding hydrogens is 316 g/mol. The van der Waals surface area contributed by atoms with Gasteiger partial charge in [0.15, 0.2) is 5.78 Å². The molecule has 0 amide bonds. The van der Waals surface area contributed by atoms with Crippen LogP contribution in [-0.2, 0) is 0 Å². The fourth-order valence-electron chi connectivity index (χ4n) is 3.50. The van der Waals surface area contributed by atoms with Crippen molar-refractivity contribution in [2.45, 2.75) is 31.3 Å². The van der Waals surface area contributed by atoms with E-state index in [-0.39, 0.29) is 5.78 Å². The number of hydrogen-bond donors (Lipinski definition) is 0. The third kappa shape index (κ3) is 2.83. The molecule has 2 atom stereocenters. The van der Waals surface area contributed by atoms with Crippen LogP contribution >= 0.6 is 15.9 Å². The van der Waals surface area contributed by atoms with Crippen LogP contribution in [0.3, 0.4) is 0 Å². The molecule has 0 aliphatic carbocycles. The molecular formula is C16H21BrN2O. The quantitative estimate of drug-likeness (QED) is 0.793. The highest BCUT2D eigenvalue weighted by Crippen LogP contribution is 2.28. The Hall–Kier alpha value is -0.710. The molecule has 2 saturated heterocycles. The van der Waals surface area contributed by atoms with Gasteiger partial charge in [0.1, 0.15) is 0 Å². The molecule has 2 heterocycles. The van der Waals surface area contributed by atoms with E-state index in [1.807, 2.05) is 24.3 Å². The van der Waals surface area contributed by atoms with E-state index in [9.17, 15) is 4.79 Å². The molecule has 0 aromatic heterocycles. The number of carbonyl (C=O) groups excluding carboxylic acids is 1. The van der Waals surface area contributed by atoms with Gasteiger partial charge < -0.3 is 0 Å². The van der Waals surface area contributed by atoms with Crippen LogP contribution in [0.4, 0.5) is 0 Å². The summed E-state index contributed by atoms with van der Waals surface area (Å²) in [4.78, 5) is 17.3. The molecule has 2 bridgehead atoms. The van der Waals surface area contributed by atoms with Gasteiger partial charge in [-0.25, -0.2) is 0 Å². The number of likely N-dealkylation sites (tertiary alicyclic amines) is 1. The Morgan fingerprint density at radius 1 is 1.25 bits per heavy atom. The lowest BCUT2D eigenvalue weighted by atomic mass is 10.1. The van der Waals surface area contributed by atoms with Crippen LogP contribution < -0.4 is 0 Å². The second kappa shape index (κ2) is 5.96. The van der Waals surface area contributed by atoms with E-state index in [4.69, 9.17) is 0 Å². The minimum atomic E-state index is 0.220. The monoisotopic (exact) mass is 336 g/mol. The Bertz CT molecular complexity index is 505. The number of likely N-dealkylation sites (N-methyl/N-ethyl adjacent to an activating group) is 1. The molecule has 108 valence electrons. The molecule has 3 nitrogen and oxygen atoms in total. The van der Waals surface area contributed by atoms with Gasteiger partial charge in [-0.2, -0.15) is 0 Å². The zero-order chi connectivity index (χ0) is 14.1. The van der Waals surface area contributed by atoms with E-state index in [0.717, 1.165) is 29.2 Å². The Morgan fingerprint density at radius 3 is 2.80 bits per heavy atom. The maximum absolute atomic E-state index is 12.4.